The fraction of sp³-hybridized carbons (Fsp3) is 0.107. The Balaban J connectivity index is 2.62. The number of para-hydroxylation sites is 2. The zero-order valence-electron chi connectivity index (χ0n) is 20.4. The van der Waals surface area contributed by atoms with E-state index in [-0.39, 0.29) is 50.0 Å². The largest absolute Gasteiger partial charge is 0.507 e. The van der Waals surface area contributed by atoms with Crippen molar-refractivity contribution < 1.29 is 23.7 Å². The molecule has 0 spiro atoms. The van der Waals surface area contributed by atoms with E-state index in [2.05, 4.69) is 24.7 Å². The highest BCUT2D eigenvalue weighted by Crippen LogP contribution is 2.37. The van der Waals surface area contributed by atoms with E-state index >= 15 is 0 Å². The Kier molecular flexibility index (Phi) is 7.40. The highest BCUT2D eigenvalue weighted by atomic mass is 32.2. The molecule has 36 heavy (non-hydrogen) atoms. The second-order valence-corrected chi connectivity index (χ2v) is 9.89. The van der Waals surface area contributed by atoms with Gasteiger partial charge in [0.1, 0.15) is 28.5 Å². The molecule has 0 aliphatic heterocycles. The summed E-state index contributed by atoms with van der Waals surface area (Å²) in [4.78, 5) is 3.81. The summed E-state index contributed by atoms with van der Waals surface area (Å²) in [6.07, 6.45) is 5.36. The molecule has 0 fully saturated rings. The Hall–Kier alpha value is -4.30. The fourth-order valence-electron chi connectivity index (χ4n) is 3.56. The molecule has 186 valence electrons. The van der Waals surface area contributed by atoms with E-state index in [0.717, 1.165) is 3.97 Å². The Morgan fingerprint density at radius 2 is 1.31 bits per heavy atom. The number of nitrogens with zero attached hydrogens (tertiary/aromatic N) is 2. The zero-order valence-corrected chi connectivity index (χ0v) is 21.2. The molecule has 0 unspecified atom stereocenters. The van der Waals surface area contributed by atoms with Crippen LogP contribution in [0.25, 0.3) is 28.3 Å². The SMILES string of the molecule is C=C/C(C)=C(\O)c1cc(/C(O)=C(\C)C=C)c(S(=O)(=O)n2cnc3ccccc32)c(/C(O)=C(\C)C=C)c1. The van der Waals surface area contributed by atoms with Crippen LogP contribution in [0.5, 0.6) is 0 Å². The first-order valence-electron chi connectivity index (χ1n) is 10.9. The lowest BCUT2D eigenvalue weighted by atomic mass is 9.97. The van der Waals surface area contributed by atoms with Gasteiger partial charge in [0.15, 0.2) is 0 Å². The van der Waals surface area contributed by atoms with E-state index in [1.54, 1.807) is 45.0 Å². The summed E-state index contributed by atoms with van der Waals surface area (Å²) in [5.41, 5.74) is 1.66. The van der Waals surface area contributed by atoms with E-state index in [1.807, 2.05) is 0 Å². The van der Waals surface area contributed by atoms with Crippen molar-refractivity contribution in [3.05, 3.63) is 114 Å². The molecule has 0 atom stereocenters. The molecule has 0 saturated heterocycles. The maximum absolute atomic E-state index is 14.2. The molecular formula is C28H28N2O5S. The standard InChI is InChI=1S/C28H28N2O5S/c1-7-17(4)25(31)20-14-21(26(32)18(5)8-2)28(22(15-20)27(33)19(6)9-3)36(34,35)30-16-29-23-12-10-11-13-24(23)30/h7-16,31-33H,1-3H2,4-6H3/b25-17-,26-18-,27-19-. The van der Waals surface area contributed by atoms with Crippen molar-refractivity contribution in [2.45, 2.75) is 25.7 Å². The molecule has 3 rings (SSSR count). The van der Waals surface area contributed by atoms with Gasteiger partial charge >= 0.3 is 0 Å². The summed E-state index contributed by atoms with van der Waals surface area (Å²) in [7, 11) is -4.45. The van der Waals surface area contributed by atoms with Gasteiger partial charge in [-0.25, -0.2) is 17.4 Å². The molecule has 0 aliphatic rings. The minimum Gasteiger partial charge on any atom is -0.507 e. The Morgan fingerprint density at radius 3 is 1.81 bits per heavy atom. The average Bonchev–Trinajstić information content (AvgIpc) is 3.34. The Bertz CT molecular complexity index is 1550. The molecule has 1 heterocycles. The number of rotatable bonds is 8. The van der Waals surface area contributed by atoms with Crippen molar-refractivity contribution in [1.29, 1.82) is 0 Å². The van der Waals surface area contributed by atoms with Gasteiger partial charge in [-0.3, -0.25) is 0 Å². The van der Waals surface area contributed by atoms with Crippen LogP contribution in [0.1, 0.15) is 37.5 Å². The van der Waals surface area contributed by atoms with Gasteiger partial charge < -0.3 is 15.3 Å². The van der Waals surface area contributed by atoms with Gasteiger partial charge in [-0.1, -0.05) is 50.1 Å². The number of allylic oxidation sites excluding steroid dienone is 6. The van der Waals surface area contributed by atoms with Crippen LogP contribution in [-0.4, -0.2) is 32.7 Å². The number of benzene rings is 2. The minimum absolute atomic E-state index is 0.135. The molecule has 0 radical (unpaired) electrons. The van der Waals surface area contributed by atoms with Gasteiger partial charge in [0.25, 0.3) is 10.0 Å². The molecule has 2 aromatic carbocycles. The van der Waals surface area contributed by atoms with Gasteiger partial charge in [-0.05, 0) is 61.8 Å². The summed E-state index contributed by atoms with van der Waals surface area (Å²) in [6, 6.07) is 9.38. The van der Waals surface area contributed by atoms with Crippen molar-refractivity contribution in [2.75, 3.05) is 0 Å². The quantitative estimate of drug-likeness (QED) is 0.232. The van der Waals surface area contributed by atoms with Crippen molar-refractivity contribution in [1.82, 2.24) is 8.96 Å². The van der Waals surface area contributed by atoms with Crippen molar-refractivity contribution in [3.8, 4) is 0 Å². The van der Waals surface area contributed by atoms with Gasteiger partial charge in [-0.2, -0.15) is 0 Å². The van der Waals surface area contributed by atoms with E-state index in [0.29, 0.717) is 16.6 Å². The van der Waals surface area contributed by atoms with E-state index < -0.39 is 10.0 Å². The van der Waals surface area contributed by atoms with Crippen LogP contribution in [0, 0.1) is 0 Å². The maximum atomic E-state index is 14.2. The molecule has 7 nitrogen and oxygen atoms in total. The first-order chi connectivity index (χ1) is 17.0. The molecule has 0 amide bonds. The third-order valence-corrected chi connectivity index (χ3v) is 7.61. The third kappa shape index (κ3) is 4.50. The number of fused-ring (bicyclic) bond motifs is 1. The molecule has 8 heteroatoms. The fourth-order valence-corrected chi connectivity index (χ4v) is 5.21. The van der Waals surface area contributed by atoms with Crippen LogP contribution in [-0.2, 0) is 10.0 Å². The number of hydrogen-bond donors (Lipinski definition) is 3. The highest BCUT2D eigenvalue weighted by molar-refractivity contribution is 7.90. The predicted octanol–water partition coefficient (Wildman–Crippen LogP) is 6.70. The highest BCUT2D eigenvalue weighted by Gasteiger charge is 2.31. The smallest absolute Gasteiger partial charge is 0.270 e. The molecule has 3 N–H and O–H groups in total. The van der Waals surface area contributed by atoms with E-state index in [4.69, 9.17) is 0 Å². The summed E-state index contributed by atoms with van der Waals surface area (Å²) in [5, 5.41) is 33.1. The van der Waals surface area contributed by atoms with Gasteiger partial charge in [0, 0.05) is 16.7 Å². The average molecular weight is 505 g/mol. The van der Waals surface area contributed by atoms with Crippen molar-refractivity contribution in [3.63, 3.8) is 0 Å². The summed E-state index contributed by atoms with van der Waals surface area (Å²) >= 11 is 0. The van der Waals surface area contributed by atoms with E-state index in [9.17, 15) is 23.7 Å². The van der Waals surface area contributed by atoms with Crippen molar-refractivity contribution in [2.24, 2.45) is 0 Å². The predicted molar refractivity (Wildman–Crippen MR) is 145 cm³/mol. The van der Waals surface area contributed by atoms with Crippen LogP contribution >= 0.6 is 0 Å². The number of aliphatic hydroxyl groups is 3. The molecule has 3 aromatic rings. The lowest BCUT2D eigenvalue weighted by molar-refractivity contribution is 0.496. The first kappa shape index (κ1) is 26.3. The summed E-state index contributed by atoms with van der Waals surface area (Å²) in [6.45, 7) is 15.7. The van der Waals surface area contributed by atoms with Crippen LogP contribution in [0.2, 0.25) is 0 Å². The second kappa shape index (κ2) is 10.1. The van der Waals surface area contributed by atoms with Gasteiger partial charge in [0.05, 0.1) is 11.0 Å². The van der Waals surface area contributed by atoms with Crippen LogP contribution in [0.15, 0.2) is 102 Å². The number of aliphatic hydroxyl groups excluding tert-OH is 3. The van der Waals surface area contributed by atoms with Crippen molar-refractivity contribution >= 4 is 38.3 Å². The number of hydrogen-bond acceptors (Lipinski definition) is 6. The minimum atomic E-state index is -4.45. The summed E-state index contributed by atoms with van der Waals surface area (Å²) < 4.78 is 29.3. The van der Waals surface area contributed by atoms with Gasteiger partial charge in [0.2, 0.25) is 0 Å². The van der Waals surface area contributed by atoms with Gasteiger partial charge in [-0.15, -0.1) is 0 Å². The lowest BCUT2D eigenvalue weighted by Gasteiger charge is -2.19. The van der Waals surface area contributed by atoms with Crippen LogP contribution in [0.4, 0.5) is 0 Å². The van der Waals surface area contributed by atoms with E-state index in [1.165, 1.54) is 36.7 Å². The molecular weight excluding hydrogens is 476 g/mol. The molecule has 1 aromatic heterocycles. The Morgan fingerprint density at radius 1 is 0.833 bits per heavy atom. The zero-order chi connectivity index (χ0) is 26.8. The summed E-state index contributed by atoms with van der Waals surface area (Å²) in [5.74, 6) is -0.967. The normalized spacial score (nSPS) is 14.0. The number of imidazole rings is 1. The second-order valence-electron chi connectivity index (χ2n) is 8.14. The van der Waals surface area contributed by atoms with Crippen LogP contribution in [0.3, 0.4) is 0 Å². The number of aromatic nitrogens is 2. The van der Waals surface area contributed by atoms with Crippen LogP contribution < -0.4 is 0 Å². The molecule has 0 aliphatic carbocycles. The topological polar surface area (TPSA) is 113 Å². The monoisotopic (exact) mass is 504 g/mol. The molecule has 0 bridgehead atoms. The third-order valence-electron chi connectivity index (χ3n) is 5.85. The first-order valence-corrected chi connectivity index (χ1v) is 12.4. The maximum Gasteiger partial charge on any atom is 0.270 e. The molecule has 0 saturated carbocycles. The lowest BCUT2D eigenvalue weighted by Crippen LogP contribution is -2.17. The Labute approximate surface area is 210 Å².